The number of hydrogen-bond acceptors (Lipinski definition) is 7. The van der Waals surface area contributed by atoms with Gasteiger partial charge >= 0.3 is 5.97 Å². The lowest BCUT2D eigenvalue weighted by Gasteiger charge is -2.28. The van der Waals surface area contributed by atoms with Crippen molar-refractivity contribution in [2.24, 2.45) is 0 Å². The van der Waals surface area contributed by atoms with Crippen LogP contribution < -0.4 is 4.89 Å². The Morgan fingerprint density at radius 2 is 0.846 bits per heavy atom. The van der Waals surface area contributed by atoms with Crippen LogP contribution in [0.5, 0.6) is 0 Å². The van der Waals surface area contributed by atoms with Gasteiger partial charge in [-0.3, -0.25) is 9.36 Å². The SMILES string of the molecule is CC/C=C\C/C=C\C/C=C\C/C=C\C/C=C\C/C=C\C/C=C\CCCCCCOCC(COP(=O)([O-])OCC[N+](C)(C)C)OC(=O)CCCCCCCCC/C=C\C/C=C\C/C=C\CC. The van der Waals surface area contributed by atoms with E-state index in [1.807, 2.05) is 21.1 Å². The third-order valence-corrected chi connectivity index (χ3v) is 11.0. The van der Waals surface area contributed by atoms with E-state index in [0.29, 0.717) is 17.6 Å². The summed E-state index contributed by atoms with van der Waals surface area (Å²) in [4.78, 5) is 25.2. The lowest BCUT2D eigenvalue weighted by Crippen LogP contribution is -2.37. The monoisotopic (exact) mass is 924 g/mol. The highest BCUT2D eigenvalue weighted by Crippen LogP contribution is 2.38. The number of nitrogens with zero attached hydrogens (tertiary/aromatic N) is 1. The molecule has 9 heteroatoms. The smallest absolute Gasteiger partial charge is 0.306 e. The second kappa shape index (κ2) is 47.4. The molecule has 0 saturated heterocycles. The zero-order valence-corrected chi connectivity index (χ0v) is 42.8. The molecule has 0 aliphatic rings. The molecule has 0 saturated carbocycles. The molecule has 0 bridgehead atoms. The van der Waals surface area contributed by atoms with E-state index in [2.05, 4.69) is 135 Å². The number of phosphoric acid groups is 1. The highest BCUT2D eigenvalue weighted by Gasteiger charge is 2.20. The van der Waals surface area contributed by atoms with Crippen LogP contribution in [0.4, 0.5) is 0 Å². The van der Waals surface area contributed by atoms with Crippen LogP contribution in [0.1, 0.15) is 168 Å². The molecule has 0 radical (unpaired) electrons. The molecule has 0 aromatic heterocycles. The van der Waals surface area contributed by atoms with Crippen LogP contribution in [-0.4, -0.2) is 70.7 Å². The van der Waals surface area contributed by atoms with E-state index in [1.165, 1.54) is 19.3 Å². The predicted octanol–water partition coefficient (Wildman–Crippen LogP) is 15.1. The minimum atomic E-state index is -4.55. The topological polar surface area (TPSA) is 94.1 Å². The molecule has 8 nitrogen and oxygen atoms in total. The van der Waals surface area contributed by atoms with Gasteiger partial charge in [0.15, 0.2) is 0 Å². The number of unbranched alkanes of at least 4 members (excludes halogenated alkanes) is 11. The van der Waals surface area contributed by atoms with Gasteiger partial charge in [-0.05, 0) is 103 Å². The van der Waals surface area contributed by atoms with Gasteiger partial charge in [0, 0.05) is 13.0 Å². The number of ether oxygens (including phenoxy) is 2. The molecule has 0 N–H and O–H groups in total. The van der Waals surface area contributed by atoms with Crippen molar-refractivity contribution in [1.82, 2.24) is 0 Å². The van der Waals surface area contributed by atoms with Gasteiger partial charge in [-0.1, -0.05) is 180 Å². The van der Waals surface area contributed by atoms with Gasteiger partial charge in [-0.2, -0.15) is 0 Å². The molecule has 2 unspecified atom stereocenters. The Balaban J connectivity index is 4.26. The highest BCUT2D eigenvalue weighted by atomic mass is 31.2. The van der Waals surface area contributed by atoms with Gasteiger partial charge in [0.1, 0.15) is 19.3 Å². The van der Waals surface area contributed by atoms with Crippen molar-refractivity contribution in [3.8, 4) is 0 Å². The second-order valence-electron chi connectivity index (χ2n) is 17.4. The fourth-order valence-electron chi connectivity index (χ4n) is 6.19. The zero-order valence-electron chi connectivity index (χ0n) is 41.9. The van der Waals surface area contributed by atoms with E-state index in [9.17, 15) is 14.3 Å². The van der Waals surface area contributed by atoms with E-state index >= 15 is 0 Å². The maximum Gasteiger partial charge on any atom is 0.306 e. The van der Waals surface area contributed by atoms with Crippen LogP contribution in [0.3, 0.4) is 0 Å². The van der Waals surface area contributed by atoms with Gasteiger partial charge in [0.05, 0.1) is 34.4 Å². The standard InChI is InChI=1S/C56H94NO7P/c1-6-8-10-12-14-16-18-20-22-24-25-26-27-28-29-30-31-32-34-36-38-40-42-44-46-48-51-61-53-55(54-63-65(59,60)62-52-50-57(3,4)5)64-56(58)49-47-45-43-41-39-37-35-33-23-21-19-17-15-13-11-9-7-2/h8-11,14-17,20-23,25-26,28-29,31-32,36,38,55H,6-7,12-13,18-19,24,27,30,33-35,37,39-54H2,1-5H3/b10-8-,11-9-,16-14-,17-15-,22-20-,23-21-,26-25-,29-28-,32-31-,38-36-. The highest BCUT2D eigenvalue weighted by molar-refractivity contribution is 7.45. The molecule has 0 aromatic carbocycles. The van der Waals surface area contributed by atoms with E-state index < -0.39 is 13.9 Å². The third kappa shape index (κ3) is 51.7. The second-order valence-corrected chi connectivity index (χ2v) is 18.8. The number of likely N-dealkylation sites (N-methyl/N-ethyl adjacent to an activating group) is 1. The minimum Gasteiger partial charge on any atom is -0.756 e. The van der Waals surface area contributed by atoms with Crippen molar-refractivity contribution >= 4 is 13.8 Å². The molecule has 2 atom stereocenters. The van der Waals surface area contributed by atoms with Crippen molar-refractivity contribution in [2.45, 2.75) is 174 Å². The largest absolute Gasteiger partial charge is 0.756 e. The Morgan fingerprint density at radius 1 is 0.477 bits per heavy atom. The fourth-order valence-corrected chi connectivity index (χ4v) is 6.92. The van der Waals surface area contributed by atoms with E-state index in [1.54, 1.807) is 0 Å². The summed E-state index contributed by atoms with van der Waals surface area (Å²) in [5.74, 6) is -0.359. The van der Waals surface area contributed by atoms with Crippen LogP contribution in [-0.2, 0) is 27.9 Å². The lowest BCUT2D eigenvalue weighted by molar-refractivity contribution is -0.870. The number of rotatable bonds is 45. The van der Waals surface area contributed by atoms with E-state index in [-0.39, 0.29) is 32.2 Å². The van der Waals surface area contributed by atoms with Gasteiger partial charge in [0.2, 0.25) is 0 Å². The summed E-state index contributed by atoms with van der Waals surface area (Å²) in [6.07, 6.45) is 67.9. The van der Waals surface area contributed by atoms with Crippen molar-refractivity contribution < 1.29 is 37.3 Å². The van der Waals surface area contributed by atoms with Gasteiger partial charge in [-0.25, -0.2) is 0 Å². The van der Waals surface area contributed by atoms with Crippen molar-refractivity contribution in [3.05, 3.63) is 122 Å². The fraction of sp³-hybridized carbons (Fsp3) is 0.625. The first-order chi connectivity index (χ1) is 31.6. The molecular formula is C56H94NO7P. The number of hydrogen-bond donors (Lipinski definition) is 0. The summed E-state index contributed by atoms with van der Waals surface area (Å²) >= 11 is 0. The first-order valence-electron chi connectivity index (χ1n) is 25.3. The average molecular weight is 924 g/mol. The Kier molecular flexibility index (Phi) is 45.1. The molecule has 0 heterocycles. The van der Waals surface area contributed by atoms with Crippen molar-refractivity contribution in [2.75, 3.05) is 54.1 Å². The number of esters is 1. The summed E-state index contributed by atoms with van der Waals surface area (Å²) < 4.78 is 34.7. The van der Waals surface area contributed by atoms with Crippen LogP contribution in [0.2, 0.25) is 0 Å². The number of carbonyl (C=O) groups excluding carboxylic acids is 1. The first kappa shape index (κ1) is 61.9. The molecule has 65 heavy (non-hydrogen) atoms. The van der Waals surface area contributed by atoms with Gasteiger partial charge in [-0.15, -0.1) is 0 Å². The molecule has 0 aliphatic carbocycles. The molecule has 0 amide bonds. The van der Waals surface area contributed by atoms with Crippen molar-refractivity contribution in [3.63, 3.8) is 0 Å². The molecule has 0 aromatic rings. The molecular weight excluding hydrogens is 830 g/mol. The maximum atomic E-state index is 12.7. The molecule has 0 spiro atoms. The van der Waals surface area contributed by atoms with Crippen LogP contribution >= 0.6 is 7.82 Å². The predicted molar refractivity (Wildman–Crippen MR) is 277 cm³/mol. The summed E-state index contributed by atoms with van der Waals surface area (Å²) in [6.45, 7) is 5.08. The summed E-state index contributed by atoms with van der Waals surface area (Å²) in [5, 5.41) is 0. The summed E-state index contributed by atoms with van der Waals surface area (Å²) in [7, 11) is 1.31. The van der Waals surface area contributed by atoms with Crippen LogP contribution in [0, 0.1) is 0 Å². The Morgan fingerprint density at radius 3 is 1.26 bits per heavy atom. The van der Waals surface area contributed by atoms with Crippen molar-refractivity contribution in [1.29, 1.82) is 0 Å². The number of carbonyl (C=O) groups is 1. The van der Waals surface area contributed by atoms with E-state index in [4.69, 9.17) is 18.5 Å². The Hall–Kier alpha value is -3.10. The molecule has 0 fully saturated rings. The van der Waals surface area contributed by atoms with Crippen LogP contribution in [0.25, 0.3) is 0 Å². The van der Waals surface area contributed by atoms with E-state index in [0.717, 1.165) is 128 Å². The number of phosphoric ester groups is 1. The Bertz CT molecular complexity index is 1450. The quantitative estimate of drug-likeness (QED) is 0.0197. The molecule has 0 rings (SSSR count). The lowest BCUT2D eigenvalue weighted by atomic mass is 10.1. The van der Waals surface area contributed by atoms with Gasteiger partial charge in [0.25, 0.3) is 7.82 Å². The first-order valence-corrected chi connectivity index (χ1v) is 26.7. The third-order valence-electron chi connectivity index (χ3n) is 10.0. The number of allylic oxidation sites excluding steroid dienone is 20. The molecule has 0 aliphatic heterocycles. The normalized spacial score (nSPS) is 14.6. The number of quaternary nitrogens is 1. The summed E-state index contributed by atoms with van der Waals surface area (Å²) in [6, 6.07) is 0. The molecule has 370 valence electrons. The Labute approximate surface area is 399 Å². The summed E-state index contributed by atoms with van der Waals surface area (Å²) in [5.41, 5.74) is 0. The average Bonchev–Trinajstić information content (AvgIpc) is 3.27. The zero-order chi connectivity index (χ0) is 47.6. The van der Waals surface area contributed by atoms with Crippen LogP contribution in [0.15, 0.2) is 122 Å². The minimum absolute atomic E-state index is 0.0109. The maximum absolute atomic E-state index is 12.7. The van der Waals surface area contributed by atoms with Gasteiger partial charge < -0.3 is 27.9 Å².